The lowest BCUT2D eigenvalue weighted by molar-refractivity contribution is 0.0691. The third-order valence-electron chi connectivity index (χ3n) is 3.70. The molecule has 2 rings (SSSR count). The van der Waals surface area contributed by atoms with Gasteiger partial charge in [0.1, 0.15) is 5.82 Å². The van der Waals surface area contributed by atoms with Gasteiger partial charge in [0.25, 0.3) is 5.91 Å². The minimum Gasteiger partial charge on any atom is -0.339 e. The first-order valence-electron chi connectivity index (χ1n) is 6.86. The van der Waals surface area contributed by atoms with E-state index < -0.39 is 0 Å². The van der Waals surface area contributed by atoms with Gasteiger partial charge in [0.05, 0.1) is 0 Å². The number of halogens is 1. The van der Waals surface area contributed by atoms with Crippen molar-refractivity contribution in [1.82, 2.24) is 4.90 Å². The van der Waals surface area contributed by atoms with Crippen molar-refractivity contribution in [1.29, 1.82) is 0 Å². The second kappa shape index (κ2) is 6.50. The van der Waals surface area contributed by atoms with Crippen molar-refractivity contribution in [2.45, 2.75) is 26.2 Å². The third-order valence-corrected chi connectivity index (χ3v) is 3.70. The second-order valence-corrected chi connectivity index (χ2v) is 5.05. The molecular weight excluding hydrogens is 241 g/mol. The van der Waals surface area contributed by atoms with Crippen LogP contribution in [0.1, 0.15) is 36.5 Å². The highest BCUT2D eigenvalue weighted by Crippen LogP contribution is 2.22. The van der Waals surface area contributed by atoms with E-state index in [9.17, 15) is 9.18 Å². The number of likely N-dealkylation sites (tertiary alicyclic amines) is 1. The lowest BCUT2D eigenvalue weighted by Gasteiger charge is -2.31. The molecule has 0 spiro atoms. The molecule has 19 heavy (non-hydrogen) atoms. The summed E-state index contributed by atoms with van der Waals surface area (Å²) in [4.78, 5) is 14.1. The molecule has 0 radical (unpaired) electrons. The molecule has 0 saturated carbocycles. The molecule has 0 aromatic heterocycles. The largest absolute Gasteiger partial charge is 0.339 e. The van der Waals surface area contributed by atoms with Crippen LogP contribution in [-0.4, -0.2) is 23.9 Å². The number of carbonyl (C=O) groups excluding carboxylic acids is 1. The predicted octanol–water partition coefficient (Wildman–Crippen LogP) is 3.64. The maximum Gasteiger partial charge on any atom is 0.253 e. The van der Waals surface area contributed by atoms with Crippen LogP contribution in [0.2, 0.25) is 0 Å². The van der Waals surface area contributed by atoms with Gasteiger partial charge >= 0.3 is 0 Å². The fourth-order valence-corrected chi connectivity index (χ4v) is 2.48. The van der Waals surface area contributed by atoms with E-state index in [1.807, 2.05) is 11.8 Å². The van der Waals surface area contributed by atoms with Crippen molar-refractivity contribution in [2.24, 2.45) is 5.92 Å². The Bertz CT molecular complexity index is 444. The third kappa shape index (κ3) is 3.66. The van der Waals surface area contributed by atoms with Gasteiger partial charge in [-0.2, -0.15) is 0 Å². The molecule has 1 heterocycles. The van der Waals surface area contributed by atoms with E-state index in [2.05, 4.69) is 12.2 Å². The fraction of sp³-hybridized carbons (Fsp3) is 0.438. The van der Waals surface area contributed by atoms with Gasteiger partial charge in [0.2, 0.25) is 0 Å². The van der Waals surface area contributed by atoms with Crippen molar-refractivity contribution >= 4 is 5.91 Å². The molecule has 1 aromatic carbocycles. The average molecular weight is 261 g/mol. The zero-order chi connectivity index (χ0) is 13.7. The summed E-state index contributed by atoms with van der Waals surface area (Å²) in [5, 5.41) is 0. The van der Waals surface area contributed by atoms with E-state index >= 15 is 0 Å². The summed E-state index contributed by atoms with van der Waals surface area (Å²) < 4.78 is 12.8. The number of hydrogen-bond acceptors (Lipinski definition) is 1. The van der Waals surface area contributed by atoms with Crippen molar-refractivity contribution in [3.63, 3.8) is 0 Å². The molecule has 0 atom stereocenters. The number of rotatable bonds is 3. The summed E-state index contributed by atoms with van der Waals surface area (Å²) in [5.41, 5.74) is 0.577. The van der Waals surface area contributed by atoms with Gasteiger partial charge in [-0.25, -0.2) is 4.39 Å². The van der Waals surface area contributed by atoms with Crippen LogP contribution in [0.4, 0.5) is 4.39 Å². The summed E-state index contributed by atoms with van der Waals surface area (Å²) in [7, 11) is 0. The highest BCUT2D eigenvalue weighted by molar-refractivity contribution is 5.94. The van der Waals surface area contributed by atoms with Gasteiger partial charge < -0.3 is 4.90 Å². The van der Waals surface area contributed by atoms with Crippen LogP contribution < -0.4 is 0 Å². The number of benzene rings is 1. The number of carbonyl (C=O) groups is 1. The van der Waals surface area contributed by atoms with Crippen molar-refractivity contribution in [2.75, 3.05) is 13.1 Å². The highest BCUT2D eigenvalue weighted by atomic mass is 19.1. The standard InChI is InChI=1S/C16H20FNO/c1-2-3-4-13-9-11-18(12-10-13)16(19)14-5-7-15(17)8-6-14/h2-3,5-8,13H,4,9-12H2,1H3/b3-2+. The molecular formula is C16H20FNO. The molecule has 0 N–H and O–H groups in total. The molecule has 0 aliphatic carbocycles. The molecule has 1 fully saturated rings. The van der Waals surface area contributed by atoms with E-state index in [4.69, 9.17) is 0 Å². The summed E-state index contributed by atoms with van der Waals surface area (Å²) in [6, 6.07) is 5.80. The van der Waals surface area contributed by atoms with Gasteiger partial charge in [0, 0.05) is 18.7 Å². The summed E-state index contributed by atoms with van der Waals surface area (Å²) in [5.74, 6) is 0.402. The molecule has 2 nitrogen and oxygen atoms in total. The Balaban J connectivity index is 1.90. The quantitative estimate of drug-likeness (QED) is 0.761. The minimum absolute atomic E-state index is 0.0180. The van der Waals surface area contributed by atoms with Gasteiger partial charge in [-0.1, -0.05) is 12.2 Å². The van der Waals surface area contributed by atoms with E-state index in [1.54, 1.807) is 12.1 Å². The smallest absolute Gasteiger partial charge is 0.253 e. The highest BCUT2D eigenvalue weighted by Gasteiger charge is 2.22. The van der Waals surface area contributed by atoms with Crippen LogP contribution in [0.3, 0.4) is 0 Å². The van der Waals surface area contributed by atoms with Crippen LogP contribution in [0.5, 0.6) is 0 Å². The Kier molecular flexibility index (Phi) is 4.72. The number of hydrogen-bond donors (Lipinski definition) is 0. The van der Waals surface area contributed by atoms with Crippen molar-refractivity contribution < 1.29 is 9.18 Å². The maximum absolute atomic E-state index is 12.8. The number of piperidine rings is 1. The second-order valence-electron chi connectivity index (χ2n) is 5.05. The predicted molar refractivity (Wildman–Crippen MR) is 74.5 cm³/mol. The van der Waals surface area contributed by atoms with E-state index in [-0.39, 0.29) is 11.7 Å². The Morgan fingerprint density at radius 2 is 1.95 bits per heavy atom. The van der Waals surface area contributed by atoms with Crippen LogP contribution in [0.15, 0.2) is 36.4 Å². The normalized spacial score (nSPS) is 17.1. The monoisotopic (exact) mass is 261 g/mol. The van der Waals surface area contributed by atoms with Crippen LogP contribution >= 0.6 is 0 Å². The molecule has 1 aliphatic rings. The van der Waals surface area contributed by atoms with Gasteiger partial charge in [0.15, 0.2) is 0 Å². The average Bonchev–Trinajstić information content (AvgIpc) is 2.46. The SMILES string of the molecule is C/C=C/CC1CCN(C(=O)c2ccc(F)cc2)CC1. The molecule has 1 aliphatic heterocycles. The van der Waals surface area contributed by atoms with Crippen molar-refractivity contribution in [3.05, 3.63) is 47.8 Å². The maximum atomic E-state index is 12.8. The van der Waals surface area contributed by atoms with E-state index in [0.717, 1.165) is 32.4 Å². The van der Waals surface area contributed by atoms with E-state index in [1.165, 1.54) is 12.1 Å². The molecule has 1 aromatic rings. The molecule has 3 heteroatoms. The fourth-order valence-electron chi connectivity index (χ4n) is 2.48. The van der Waals surface area contributed by atoms with Crippen molar-refractivity contribution in [3.8, 4) is 0 Å². The summed E-state index contributed by atoms with van der Waals surface area (Å²) >= 11 is 0. The topological polar surface area (TPSA) is 20.3 Å². The lowest BCUT2D eigenvalue weighted by atomic mass is 9.93. The Morgan fingerprint density at radius 3 is 2.53 bits per heavy atom. The zero-order valence-electron chi connectivity index (χ0n) is 11.3. The van der Waals surface area contributed by atoms with Gasteiger partial charge in [-0.05, 0) is 56.4 Å². The van der Waals surface area contributed by atoms with Crippen LogP contribution in [0, 0.1) is 11.7 Å². The molecule has 1 amide bonds. The van der Waals surface area contributed by atoms with Crippen LogP contribution in [-0.2, 0) is 0 Å². The molecule has 0 bridgehead atoms. The molecule has 1 saturated heterocycles. The minimum atomic E-state index is -0.304. The Hall–Kier alpha value is -1.64. The first-order valence-corrected chi connectivity index (χ1v) is 6.86. The number of allylic oxidation sites excluding steroid dienone is 2. The first kappa shape index (κ1) is 13.8. The molecule has 0 unspecified atom stereocenters. The zero-order valence-corrected chi connectivity index (χ0v) is 11.3. The van der Waals surface area contributed by atoms with Gasteiger partial charge in [-0.3, -0.25) is 4.79 Å². The summed E-state index contributed by atoms with van der Waals surface area (Å²) in [6.45, 7) is 3.64. The van der Waals surface area contributed by atoms with Crippen LogP contribution in [0.25, 0.3) is 0 Å². The number of nitrogens with zero attached hydrogens (tertiary/aromatic N) is 1. The number of amides is 1. The van der Waals surface area contributed by atoms with E-state index in [0.29, 0.717) is 11.5 Å². The van der Waals surface area contributed by atoms with Gasteiger partial charge in [-0.15, -0.1) is 0 Å². The lowest BCUT2D eigenvalue weighted by Crippen LogP contribution is -2.38. The molecule has 102 valence electrons. The Labute approximate surface area is 113 Å². The Morgan fingerprint density at radius 1 is 1.32 bits per heavy atom. The summed E-state index contributed by atoms with van der Waals surface area (Å²) in [6.07, 6.45) is 7.49. The first-order chi connectivity index (χ1) is 9.20.